The summed E-state index contributed by atoms with van der Waals surface area (Å²) in [4.78, 5) is 15.0. The van der Waals surface area contributed by atoms with E-state index in [1.54, 1.807) is 16.9 Å². The van der Waals surface area contributed by atoms with Gasteiger partial charge in [-0.1, -0.05) is 0 Å². The number of hydrogen-bond acceptors (Lipinski definition) is 3. The third kappa shape index (κ3) is 4.30. The van der Waals surface area contributed by atoms with Gasteiger partial charge in [-0.25, -0.2) is 0 Å². The topological polar surface area (TPSA) is 59.8 Å². The fraction of sp³-hybridized carbons (Fsp3) is 0.308. The first-order chi connectivity index (χ1) is 9.97. The Kier molecular flexibility index (Phi) is 4.56. The van der Waals surface area contributed by atoms with E-state index in [2.05, 4.69) is 15.4 Å². The second-order valence-corrected chi connectivity index (χ2v) is 4.31. The number of hydrogen-bond donors (Lipinski definition) is 1. The Bertz CT molecular complexity index is 578. The minimum absolute atomic E-state index is 0.0992. The standard InChI is InChI=1S/C13H13F3N4O/c14-13(15,16)11-4-3-10(9-18-11)12(21)17-5-1-7-20-8-2-6-19-20/h2-4,6,8-9H,1,5,7H2,(H,17,21). The van der Waals surface area contributed by atoms with Gasteiger partial charge in [-0.2, -0.15) is 18.3 Å². The van der Waals surface area contributed by atoms with E-state index in [1.807, 2.05) is 6.20 Å². The van der Waals surface area contributed by atoms with E-state index in [0.717, 1.165) is 18.3 Å². The Morgan fingerprint density at radius 2 is 2.14 bits per heavy atom. The molecule has 0 bridgehead atoms. The molecule has 2 aromatic rings. The number of carbonyl (C=O) groups excluding carboxylic acids is 1. The number of aromatic nitrogens is 3. The highest BCUT2D eigenvalue weighted by molar-refractivity contribution is 5.93. The van der Waals surface area contributed by atoms with Gasteiger partial charge in [-0.15, -0.1) is 0 Å². The summed E-state index contributed by atoms with van der Waals surface area (Å²) in [5, 5.41) is 6.63. The molecule has 1 amide bonds. The molecule has 2 rings (SSSR count). The molecule has 0 saturated heterocycles. The van der Waals surface area contributed by atoms with Gasteiger partial charge in [0.2, 0.25) is 0 Å². The zero-order chi connectivity index (χ0) is 15.3. The van der Waals surface area contributed by atoms with Crippen LogP contribution in [0.2, 0.25) is 0 Å². The molecule has 0 aromatic carbocycles. The highest BCUT2D eigenvalue weighted by Crippen LogP contribution is 2.27. The second kappa shape index (κ2) is 6.38. The van der Waals surface area contributed by atoms with Crippen LogP contribution >= 0.6 is 0 Å². The molecule has 0 unspecified atom stereocenters. The molecule has 0 aliphatic heterocycles. The maximum absolute atomic E-state index is 12.3. The van der Waals surface area contributed by atoms with Crippen LogP contribution < -0.4 is 5.32 Å². The van der Waals surface area contributed by atoms with Crippen molar-refractivity contribution in [1.82, 2.24) is 20.1 Å². The molecule has 0 atom stereocenters. The molecule has 0 aliphatic carbocycles. The maximum atomic E-state index is 12.3. The van der Waals surface area contributed by atoms with Gasteiger partial charge in [0, 0.05) is 31.7 Å². The SMILES string of the molecule is O=C(NCCCn1cccn1)c1ccc(C(F)(F)F)nc1. The monoisotopic (exact) mass is 298 g/mol. The summed E-state index contributed by atoms with van der Waals surface area (Å²) in [5.74, 6) is -0.448. The van der Waals surface area contributed by atoms with E-state index in [0.29, 0.717) is 19.5 Å². The number of rotatable bonds is 5. The van der Waals surface area contributed by atoms with Gasteiger partial charge in [0.25, 0.3) is 5.91 Å². The van der Waals surface area contributed by atoms with Crippen LogP contribution in [0.3, 0.4) is 0 Å². The zero-order valence-electron chi connectivity index (χ0n) is 11.0. The highest BCUT2D eigenvalue weighted by Gasteiger charge is 2.32. The van der Waals surface area contributed by atoms with Crippen LogP contribution in [-0.2, 0) is 12.7 Å². The quantitative estimate of drug-likeness (QED) is 0.860. The van der Waals surface area contributed by atoms with Crippen molar-refractivity contribution in [2.75, 3.05) is 6.54 Å². The summed E-state index contributed by atoms with van der Waals surface area (Å²) in [6.45, 7) is 1.05. The van der Waals surface area contributed by atoms with Gasteiger partial charge in [0.1, 0.15) is 5.69 Å². The van der Waals surface area contributed by atoms with E-state index in [1.165, 1.54) is 0 Å². The van der Waals surface area contributed by atoms with Crippen LogP contribution in [0.15, 0.2) is 36.8 Å². The van der Waals surface area contributed by atoms with Crippen LogP contribution in [0, 0.1) is 0 Å². The first-order valence-corrected chi connectivity index (χ1v) is 6.26. The molecular formula is C13H13F3N4O. The number of pyridine rings is 1. The lowest BCUT2D eigenvalue weighted by atomic mass is 10.2. The lowest BCUT2D eigenvalue weighted by Crippen LogP contribution is -2.25. The summed E-state index contributed by atoms with van der Waals surface area (Å²) in [5.41, 5.74) is -0.917. The predicted molar refractivity (Wildman–Crippen MR) is 68.4 cm³/mol. The smallest absolute Gasteiger partial charge is 0.352 e. The van der Waals surface area contributed by atoms with Crippen molar-refractivity contribution in [3.8, 4) is 0 Å². The van der Waals surface area contributed by atoms with Crippen LogP contribution in [0.5, 0.6) is 0 Å². The first-order valence-electron chi connectivity index (χ1n) is 6.26. The summed E-state index contributed by atoms with van der Waals surface area (Å²) < 4.78 is 38.7. The molecule has 5 nitrogen and oxygen atoms in total. The minimum Gasteiger partial charge on any atom is -0.352 e. The van der Waals surface area contributed by atoms with Crippen molar-refractivity contribution in [2.24, 2.45) is 0 Å². The van der Waals surface area contributed by atoms with Crippen molar-refractivity contribution >= 4 is 5.91 Å². The highest BCUT2D eigenvalue weighted by atomic mass is 19.4. The molecule has 0 radical (unpaired) electrons. The molecule has 0 fully saturated rings. The van der Waals surface area contributed by atoms with E-state index in [9.17, 15) is 18.0 Å². The van der Waals surface area contributed by atoms with Crippen molar-refractivity contribution in [3.05, 3.63) is 48.0 Å². The summed E-state index contributed by atoms with van der Waals surface area (Å²) in [6, 6.07) is 3.70. The molecule has 112 valence electrons. The number of carbonyl (C=O) groups is 1. The Labute approximate surface area is 118 Å². The fourth-order valence-electron chi connectivity index (χ4n) is 1.67. The van der Waals surface area contributed by atoms with Gasteiger partial charge < -0.3 is 5.32 Å². The van der Waals surface area contributed by atoms with Gasteiger partial charge in [0.05, 0.1) is 5.56 Å². The maximum Gasteiger partial charge on any atom is 0.433 e. The second-order valence-electron chi connectivity index (χ2n) is 4.31. The minimum atomic E-state index is -4.50. The Balaban J connectivity index is 1.80. The average molecular weight is 298 g/mol. The third-order valence-corrected chi connectivity index (χ3v) is 2.72. The summed E-state index contributed by atoms with van der Waals surface area (Å²) >= 11 is 0. The lowest BCUT2D eigenvalue weighted by Gasteiger charge is -2.07. The fourth-order valence-corrected chi connectivity index (χ4v) is 1.67. The normalized spacial score (nSPS) is 11.4. The molecule has 2 aromatic heterocycles. The third-order valence-electron chi connectivity index (χ3n) is 2.72. The molecule has 0 aliphatic rings. The number of nitrogens with one attached hydrogen (secondary N) is 1. The molecule has 21 heavy (non-hydrogen) atoms. The Morgan fingerprint density at radius 1 is 1.33 bits per heavy atom. The summed E-state index contributed by atoms with van der Waals surface area (Å²) in [6.07, 6.45) is 0.556. The van der Waals surface area contributed by atoms with E-state index in [4.69, 9.17) is 0 Å². The lowest BCUT2D eigenvalue weighted by molar-refractivity contribution is -0.141. The van der Waals surface area contributed by atoms with Gasteiger partial charge in [-0.05, 0) is 24.6 Å². The van der Waals surface area contributed by atoms with Crippen molar-refractivity contribution in [2.45, 2.75) is 19.1 Å². The van der Waals surface area contributed by atoms with E-state index >= 15 is 0 Å². The number of amides is 1. The molecule has 8 heteroatoms. The van der Waals surface area contributed by atoms with Gasteiger partial charge >= 0.3 is 6.18 Å². The Hall–Kier alpha value is -2.38. The molecule has 2 heterocycles. The largest absolute Gasteiger partial charge is 0.433 e. The van der Waals surface area contributed by atoms with Crippen LogP contribution in [0.25, 0.3) is 0 Å². The zero-order valence-corrected chi connectivity index (χ0v) is 11.0. The van der Waals surface area contributed by atoms with Gasteiger partial charge in [0.15, 0.2) is 0 Å². The van der Waals surface area contributed by atoms with Crippen molar-refractivity contribution in [1.29, 1.82) is 0 Å². The van der Waals surface area contributed by atoms with Crippen LogP contribution in [0.4, 0.5) is 13.2 Å². The predicted octanol–water partition coefficient (Wildman–Crippen LogP) is 2.12. The van der Waals surface area contributed by atoms with Crippen molar-refractivity contribution < 1.29 is 18.0 Å². The number of aryl methyl sites for hydroxylation is 1. The molecule has 0 saturated carbocycles. The number of nitrogens with zero attached hydrogens (tertiary/aromatic N) is 3. The van der Waals surface area contributed by atoms with Crippen molar-refractivity contribution in [3.63, 3.8) is 0 Å². The molecule has 1 N–H and O–H groups in total. The number of alkyl halides is 3. The molecule has 0 spiro atoms. The number of halogens is 3. The molecular weight excluding hydrogens is 285 g/mol. The first kappa shape index (κ1) is 15.0. The van der Waals surface area contributed by atoms with Crippen LogP contribution in [-0.4, -0.2) is 27.2 Å². The van der Waals surface area contributed by atoms with E-state index in [-0.39, 0.29) is 5.56 Å². The summed E-state index contributed by atoms with van der Waals surface area (Å²) in [7, 11) is 0. The van der Waals surface area contributed by atoms with Gasteiger partial charge in [-0.3, -0.25) is 14.5 Å². The Morgan fingerprint density at radius 3 is 2.71 bits per heavy atom. The van der Waals surface area contributed by atoms with E-state index < -0.39 is 17.8 Å². The van der Waals surface area contributed by atoms with Crippen LogP contribution in [0.1, 0.15) is 22.5 Å². The average Bonchev–Trinajstić information content (AvgIpc) is 2.96.